The normalized spacial score (nSPS) is 11.9. The van der Waals surface area contributed by atoms with Crippen molar-refractivity contribution in [1.82, 2.24) is 14.6 Å². The van der Waals surface area contributed by atoms with E-state index in [0.29, 0.717) is 0 Å². The van der Waals surface area contributed by atoms with Crippen molar-refractivity contribution in [3.8, 4) is 11.3 Å². The average Bonchev–Trinajstić information content (AvgIpc) is 3.03. The zero-order chi connectivity index (χ0) is 18.1. The molecule has 0 aliphatic heterocycles. The predicted molar refractivity (Wildman–Crippen MR) is 90.0 cm³/mol. The first-order chi connectivity index (χ1) is 11.9. The van der Waals surface area contributed by atoms with Crippen LogP contribution in [0.4, 0.5) is 8.78 Å². The van der Waals surface area contributed by atoms with Gasteiger partial charge in [-0.05, 0) is 18.2 Å². The van der Waals surface area contributed by atoms with E-state index in [9.17, 15) is 23.5 Å². The molecule has 136 valence electrons. The largest absolute Gasteiger partial charge is 0.511 e. The van der Waals surface area contributed by atoms with Gasteiger partial charge in [-0.25, -0.2) is 18.3 Å². The number of aliphatic hydroxyl groups excluding tert-OH is 1. The summed E-state index contributed by atoms with van der Waals surface area (Å²) >= 11 is 0. The molecule has 0 unspecified atom stereocenters. The molecular formula is C16H12ClF2N3O4. The number of fused-ring (bicyclic) bond motifs is 1. The number of carbonyl (C=O) groups is 1. The number of aliphatic hydroxyl groups is 1. The molecule has 0 atom stereocenters. The molecule has 0 saturated heterocycles. The summed E-state index contributed by atoms with van der Waals surface area (Å²) in [5, 5.41) is 22.4. The lowest BCUT2D eigenvalue weighted by molar-refractivity contribution is -0.136. The van der Waals surface area contributed by atoms with Crippen LogP contribution in [-0.2, 0) is 4.79 Å². The molecule has 0 amide bonds. The van der Waals surface area contributed by atoms with Crippen LogP contribution in [0.3, 0.4) is 0 Å². The van der Waals surface area contributed by atoms with Gasteiger partial charge in [0.2, 0.25) is 0 Å². The lowest BCUT2D eigenvalue weighted by Crippen LogP contribution is -2.30. The summed E-state index contributed by atoms with van der Waals surface area (Å²) in [7, 11) is 0. The van der Waals surface area contributed by atoms with Crippen LogP contribution >= 0.6 is 12.4 Å². The van der Waals surface area contributed by atoms with E-state index in [1.165, 1.54) is 0 Å². The van der Waals surface area contributed by atoms with Crippen molar-refractivity contribution in [3.63, 3.8) is 0 Å². The fourth-order valence-electron chi connectivity index (χ4n) is 2.46. The van der Waals surface area contributed by atoms with E-state index in [1.807, 2.05) is 0 Å². The van der Waals surface area contributed by atoms with Gasteiger partial charge in [-0.2, -0.15) is 5.10 Å². The number of halogens is 3. The zero-order valence-electron chi connectivity index (χ0n) is 13.0. The fourth-order valence-corrected chi connectivity index (χ4v) is 2.46. The number of benzene rings is 1. The van der Waals surface area contributed by atoms with Crippen LogP contribution < -0.4 is 10.6 Å². The number of carboxylic acids is 1. The predicted octanol–water partition coefficient (Wildman–Crippen LogP) is 1.71. The van der Waals surface area contributed by atoms with Crippen LogP contribution in [0.15, 0.2) is 35.4 Å². The smallest absolute Gasteiger partial charge is 0.303 e. The summed E-state index contributed by atoms with van der Waals surface area (Å²) in [6.45, 7) is 0. The minimum atomic E-state index is -1.14. The monoisotopic (exact) mass is 383 g/mol. The van der Waals surface area contributed by atoms with Crippen molar-refractivity contribution in [2.24, 2.45) is 0 Å². The second-order valence-corrected chi connectivity index (χ2v) is 5.23. The van der Waals surface area contributed by atoms with Crippen molar-refractivity contribution in [3.05, 3.63) is 57.7 Å². The maximum Gasteiger partial charge on any atom is 0.303 e. The molecule has 2 aromatic heterocycles. The summed E-state index contributed by atoms with van der Waals surface area (Å²) in [6.07, 6.45) is 0.427. The first-order valence-corrected chi connectivity index (χ1v) is 7.14. The average molecular weight is 384 g/mol. The summed E-state index contributed by atoms with van der Waals surface area (Å²) in [4.78, 5) is 26.9. The first kappa shape index (κ1) is 19.3. The molecule has 0 spiro atoms. The van der Waals surface area contributed by atoms with Gasteiger partial charge in [0.05, 0.1) is 12.1 Å². The zero-order valence-corrected chi connectivity index (χ0v) is 13.8. The maximum absolute atomic E-state index is 14.0. The Morgan fingerprint density at radius 2 is 1.88 bits per heavy atom. The van der Waals surface area contributed by atoms with Gasteiger partial charge in [-0.15, -0.1) is 12.4 Å². The second kappa shape index (κ2) is 7.44. The number of aliphatic carboxylic acids is 1. The number of pyridine rings is 1. The highest BCUT2D eigenvalue weighted by molar-refractivity contribution is 5.85. The summed E-state index contributed by atoms with van der Waals surface area (Å²) < 4.78 is 28.6. The van der Waals surface area contributed by atoms with E-state index < -0.39 is 28.8 Å². The van der Waals surface area contributed by atoms with Crippen LogP contribution in [0.25, 0.3) is 22.7 Å². The molecule has 7 nitrogen and oxygen atoms in total. The number of hydrogen-bond donors (Lipinski definition) is 2. The Balaban J connectivity index is 0.00000243. The Kier molecular flexibility index (Phi) is 5.51. The SMILES string of the molecule is Cl.O=C(O)CCC(O)=c1c(=O)cc(-c2cc(F)ccc2F)n2ncnc12. The summed E-state index contributed by atoms with van der Waals surface area (Å²) in [6, 6.07) is 3.77. The molecule has 3 aromatic rings. The highest BCUT2D eigenvalue weighted by Gasteiger charge is 2.16. The van der Waals surface area contributed by atoms with Crippen molar-refractivity contribution in [2.45, 2.75) is 12.8 Å². The minimum Gasteiger partial charge on any atom is -0.511 e. The fraction of sp³-hybridized carbons (Fsp3) is 0.125. The molecule has 0 bridgehead atoms. The first-order valence-electron chi connectivity index (χ1n) is 7.14. The third-order valence-corrected chi connectivity index (χ3v) is 3.58. The molecule has 0 fully saturated rings. The Labute approximate surface area is 150 Å². The van der Waals surface area contributed by atoms with E-state index in [4.69, 9.17) is 5.11 Å². The summed E-state index contributed by atoms with van der Waals surface area (Å²) in [5.74, 6) is -3.06. The van der Waals surface area contributed by atoms with E-state index in [2.05, 4.69) is 10.1 Å². The number of carboxylic acid groups (broad SMARTS) is 1. The highest BCUT2D eigenvalue weighted by Crippen LogP contribution is 2.22. The van der Waals surface area contributed by atoms with Crippen LogP contribution in [0, 0.1) is 11.6 Å². The second-order valence-electron chi connectivity index (χ2n) is 5.23. The Hall–Kier alpha value is -3.07. The number of rotatable bonds is 4. The van der Waals surface area contributed by atoms with Crippen LogP contribution in [0.1, 0.15) is 12.8 Å². The third-order valence-electron chi connectivity index (χ3n) is 3.58. The number of nitrogens with zero attached hydrogens (tertiary/aromatic N) is 3. The van der Waals surface area contributed by atoms with Gasteiger partial charge in [-0.3, -0.25) is 9.59 Å². The Morgan fingerprint density at radius 3 is 2.58 bits per heavy atom. The molecule has 1 aromatic carbocycles. The van der Waals surface area contributed by atoms with Crippen LogP contribution in [0.5, 0.6) is 0 Å². The van der Waals surface area contributed by atoms with Gasteiger partial charge in [-0.1, -0.05) is 0 Å². The third kappa shape index (κ3) is 3.47. The van der Waals surface area contributed by atoms with E-state index >= 15 is 0 Å². The van der Waals surface area contributed by atoms with Crippen LogP contribution in [0.2, 0.25) is 0 Å². The molecular weight excluding hydrogens is 372 g/mol. The van der Waals surface area contributed by atoms with Crippen LogP contribution in [-0.4, -0.2) is 30.8 Å². The van der Waals surface area contributed by atoms with Crippen molar-refractivity contribution in [1.29, 1.82) is 0 Å². The van der Waals surface area contributed by atoms with Gasteiger partial charge in [0.1, 0.15) is 28.9 Å². The lowest BCUT2D eigenvalue weighted by Gasteiger charge is -2.07. The quantitative estimate of drug-likeness (QED) is 0.710. The maximum atomic E-state index is 14.0. The number of aromatic nitrogens is 3. The molecule has 10 heteroatoms. The van der Waals surface area contributed by atoms with Gasteiger partial charge in [0, 0.05) is 18.1 Å². The summed E-state index contributed by atoms with van der Waals surface area (Å²) in [5.41, 5.74) is -1.01. The standard InChI is InChI=1S/C16H11F2N3O4.ClH/c17-8-1-2-10(18)9(5-8)11-6-13(23)15(12(22)3-4-14(24)25)16-19-7-20-21(11)16;/h1-2,5-7,22H,3-4H2,(H,24,25);1H. The van der Waals surface area contributed by atoms with Crippen molar-refractivity contribution < 1.29 is 23.8 Å². The van der Waals surface area contributed by atoms with E-state index in [0.717, 1.165) is 35.1 Å². The Bertz CT molecular complexity index is 1100. The molecule has 26 heavy (non-hydrogen) atoms. The molecule has 0 aliphatic rings. The lowest BCUT2D eigenvalue weighted by atomic mass is 10.1. The van der Waals surface area contributed by atoms with Gasteiger partial charge in [0.15, 0.2) is 11.1 Å². The Morgan fingerprint density at radius 1 is 1.15 bits per heavy atom. The van der Waals surface area contributed by atoms with Crippen molar-refractivity contribution in [2.75, 3.05) is 0 Å². The molecule has 2 heterocycles. The van der Waals surface area contributed by atoms with E-state index in [1.54, 1.807) is 0 Å². The van der Waals surface area contributed by atoms with Gasteiger partial charge >= 0.3 is 5.97 Å². The highest BCUT2D eigenvalue weighted by atomic mass is 35.5. The molecule has 0 radical (unpaired) electrons. The van der Waals surface area contributed by atoms with Crippen molar-refractivity contribution >= 4 is 29.8 Å². The topological polar surface area (TPSA) is 105 Å². The molecule has 3 rings (SSSR count). The van der Waals surface area contributed by atoms with E-state index in [-0.39, 0.29) is 47.4 Å². The minimum absolute atomic E-state index is 0. The van der Waals surface area contributed by atoms with Gasteiger partial charge < -0.3 is 10.2 Å². The molecule has 0 aliphatic carbocycles. The molecule has 2 N–H and O–H groups in total. The van der Waals surface area contributed by atoms with Gasteiger partial charge in [0.25, 0.3) is 0 Å². The molecule has 0 saturated carbocycles. The number of hydrogen-bond acceptors (Lipinski definition) is 5.